The fourth-order valence-corrected chi connectivity index (χ4v) is 2.78. The van der Waals surface area contributed by atoms with E-state index in [1.165, 1.54) is 0 Å². The van der Waals surface area contributed by atoms with Crippen LogP contribution in [0.3, 0.4) is 0 Å². The Morgan fingerprint density at radius 2 is 1.90 bits per heavy atom. The standard InChI is InChI=1S/C15H18ClNO2S/c1-15(2,3)20(18)17-14(13-9-6-10-19-13)11-7-4-5-8-12(11)16/h4-10,14,17H,1-3H3/t14-,20?/m0/s1. The summed E-state index contributed by atoms with van der Waals surface area (Å²) in [7, 11) is -1.23. The van der Waals surface area contributed by atoms with E-state index < -0.39 is 11.0 Å². The van der Waals surface area contributed by atoms with E-state index in [9.17, 15) is 4.21 Å². The minimum atomic E-state index is -1.23. The Bertz CT molecular complexity index is 590. The van der Waals surface area contributed by atoms with Gasteiger partial charge in [0, 0.05) is 5.02 Å². The van der Waals surface area contributed by atoms with Gasteiger partial charge in [-0.3, -0.25) is 0 Å². The lowest BCUT2D eigenvalue weighted by Gasteiger charge is -2.24. The number of benzene rings is 1. The highest BCUT2D eigenvalue weighted by Crippen LogP contribution is 2.29. The SMILES string of the molecule is CC(C)(C)S(=O)N[C@H](c1ccco1)c1ccccc1Cl. The van der Waals surface area contributed by atoms with Gasteiger partial charge in [-0.25, -0.2) is 8.93 Å². The fraction of sp³-hybridized carbons (Fsp3) is 0.333. The Hall–Kier alpha value is -1.10. The Labute approximate surface area is 126 Å². The number of hydrogen-bond donors (Lipinski definition) is 1. The lowest BCUT2D eigenvalue weighted by Crippen LogP contribution is -2.36. The van der Waals surface area contributed by atoms with E-state index in [0.29, 0.717) is 10.8 Å². The van der Waals surface area contributed by atoms with Gasteiger partial charge in [0.15, 0.2) is 0 Å². The Morgan fingerprint density at radius 1 is 1.20 bits per heavy atom. The van der Waals surface area contributed by atoms with Gasteiger partial charge in [0.2, 0.25) is 0 Å². The average molecular weight is 312 g/mol. The van der Waals surface area contributed by atoms with Crippen molar-refractivity contribution in [3.63, 3.8) is 0 Å². The first-order valence-corrected chi connectivity index (χ1v) is 7.88. The summed E-state index contributed by atoms with van der Waals surface area (Å²) >= 11 is 6.25. The molecule has 0 bridgehead atoms. The highest BCUT2D eigenvalue weighted by molar-refractivity contribution is 7.84. The third-order valence-electron chi connectivity index (χ3n) is 2.83. The van der Waals surface area contributed by atoms with Crippen molar-refractivity contribution in [3.05, 3.63) is 59.0 Å². The van der Waals surface area contributed by atoms with Crippen molar-refractivity contribution in [2.45, 2.75) is 31.6 Å². The monoisotopic (exact) mass is 311 g/mol. The number of nitrogens with one attached hydrogen (secondary N) is 1. The molecule has 2 atom stereocenters. The molecule has 0 aliphatic rings. The Balaban J connectivity index is 2.37. The van der Waals surface area contributed by atoms with E-state index in [1.54, 1.807) is 12.3 Å². The van der Waals surface area contributed by atoms with Crippen molar-refractivity contribution in [2.24, 2.45) is 0 Å². The molecule has 1 aromatic carbocycles. The second kappa shape index (κ2) is 6.12. The van der Waals surface area contributed by atoms with E-state index in [4.69, 9.17) is 16.0 Å². The lowest BCUT2D eigenvalue weighted by molar-refractivity contribution is 0.476. The zero-order valence-electron chi connectivity index (χ0n) is 11.7. The molecule has 0 aliphatic heterocycles. The van der Waals surface area contributed by atoms with Gasteiger partial charge in [-0.1, -0.05) is 29.8 Å². The number of rotatable bonds is 4. The van der Waals surface area contributed by atoms with Crippen LogP contribution >= 0.6 is 11.6 Å². The van der Waals surface area contributed by atoms with Crippen LogP contribution in [0, 0.1) is 0 Å². The van der Waals surface area contributed by atoms with E-state index in [-0.39, 0.29) is 10.8 Å². The summed E-state index contributed by atoms with van der Waals surface area (Å²) in [4.78, 5) is 0. The minimum absolute atomic E-state index is 0.334. The third-order valence-corrected chi connectivity index (χ3v) is 4.73. The van der Waals surface area contributed by atoms with Gasteiger partial charge in [-0.05, 0) is 44.5 Å². The maximum atomic E-state index is 12.4. The average Bonchev–Trinajstić information content (AvgIpc) is 2.89. The summed E-state index contributed by atoms with van der Waals surface area (Å²) in [5.74, 6) is 0.690. The quantitative estimate of drug-likeness (QED) is 0.924. The molecule has 0 saturated heterocycles. The molecule has 5 heteroatoms. The van der Waals surface area contributed by atoms with Gasteiger partial charge in [0.05, 0.1) is 22.0 Å². The van der Waals surface area contributed by atoms with E-state index in [2.05, 4.69) is 4.72 Å². The molecule has 0 fully saturated rings. The van der Waals surface area contributed by atoms with Crippen LogP contribution in [0.15, 0.2) is 47.1 Å². The predicted molar refractivity (Wildman–Crippen MR) is 83.0 cm³/mol. The second-order valence-corrected chi connectivity index (χ2v) is 7.87. The molecule has 1 aromatic heterocycles. The van der Waals surface area contributed by atoms with E-state index in [0.717, 1.165) is 5.56 Å². The molecule has 1 heterocycles. The number of furan rings is 1. The first-order valence-electron chi connectivity index (χ1n) is 6.35. The second-order valence-electron chi connectivity index (χ2n) is 5.47. The van der Waals surface area contributed by atoms with Crippen molar-refractivity contribution in [2.75, 3.05) is 0 Å². The molecule has 2 aromatic rings. The highest BCUT2D eigenvalue weighted by Gasteiger charge is 2.27. The van der Waals surface area contributed by atoms with Crippen molar-refractivity contribution < 1.29 is 8.63 Å². The lowest BCUT2D eigenvalue weighted by atomic mass is 10.1. The molecule has 108 valence electrons. The largest absolute Gasteiger partial charge is 0.467 e. The topological polar surface area (TPSA) is 42.2 Å². The molecule has 0 spiro atoms. The van der Waals surface area contributed by atoms with Crippen LogP contribution in [0.4, 0.5) is 0 Å². The smallest absolute Gasteiger partial charge is 0.126 e. The van der Waals surface area contributed by atoms with Crippen LogP contribution in [0.25, 0.3) is 0 Å². The molecular formula is C15H18ClNO2S. The number of hydrogen-bond acceptors (Lipinski definition) is 2. The highest BCUT2D eigenvalue weighted by atomic mass is 35.5. The minimum Gasteiger partial charge on any atom is -0.467 e. The van der Waals surface area contributed by atoms with Crippen molar-refractivity contribution in [1.29, 1.82) is 0 Å². The van der Waals surface area contributed by atoms with E-state index in [1.807, 2.05) is 51.1 Å². The van der Waals surface area contributed by atoms with Crippen LogP contribution < -0.4 is 4.72 Å². The summed E-state index contributed by atoms with van der Waals surface area (Å²) in [5.41, 5.74) is 0.849. The van der Waals surface area contributed by atoms with Crippen LogP contribution in [0.5, 0.6) is 0 Å². The van der Waals surface area contributed by atoms with Gasteiger partial charge in [0.25, 0.3) is 0 Å². The van der Waals surface area contributed by atoms with Crippen LogP contribution in [0.2, 0.25) is 5.02 Å². The van der Waals surface area contributed by atoms with Gasteiger partial charge in [-0.15, -0.1) is 0 Å². The zero-order valence-corrected chi connectivity index (χ0v) is 13.3. The van der Waals surface area contributed by atoms with Crippen molar-refractivity contribution in [1.82, 2.24) is 4.72 Å². The third kappa shape index (κ3) is 3.51. The first-order chi connectivity index (χ1) is 9.39. The molecule has 0 aliphatic carbocycles. The molecule has 1 N–H and O–H groups in total. The van der Waals surface area contributed by atoms with Gasteiger partial charge in [-0.2, -0.15) is 0 Å². The summed E-state index contributed by atoms with van der Waals surface area (Å²) in [6, 6.07) is 10.8. The Kier molecular flexibility index (Phi) is 4.68. The summed E-state index contributed by atoms with van der Waals surface area (Å²) in [6.07, 6.45) is 1.60. The van der Waals surface area contributed by atoms with Crippen LogP contribution in [-0.2, 0) is 11.0 Å². The summed E-state index contributed by atoms with van der Waals surface area (Å²) in [5, 5.41) is 0.618. The summed E-state index contributed by atoms with van der Waals surface area (Å²) in [6.45, 7) is 5.76. The Morgan fingerprint density at radius 3 is 2.45 bits per heavy atom. The maximum absolute atomic E-state index is 12.4. The molecular weight excluding hydrogens is 294 g/mol. The van der Waals surface area contributed by atoms with Crippen molar-refractivity contribution in [3.8, 4) is 0 Å². The summed E-state index contributed by atoms with van der Waals surface area (Å²) < 4.78 is 20.6. The van der Waals surface area contributed by atoms with Crippen LogP contribution in [-0.4, -0.2) is 8.96 Å². The van der Waals surface area contributed by atoms with Gasteiger partial charge < -0.3 is 4.42 Å². The van der Waals surface area contributed by atoms with Gasteiger partial charge >= 0.3 is 0 Å². The normalized spacial score (nSPS) is 15.0. The molecule has 0 radical (unpaired) electrons. The maximum Gasteiger partial charge on any atom is 0.126 e. The van der Waals surface area contributed by atoms with E-state index >= 15 is 0 Å². The van der Waals surface area contributed by atoms with Gasteiger partial charge in [0.1, 0.15) is 11.8 Å². The first kappa shape index (κ1) is 15.3. The zero-order chi connectivity index (χ0) is 14.8. The molecule has 0 amide bonds. The molecule has 20 heavy (non-hydrogen) atoms. The molecule has 0 saturated carbocycles. The molecule has 3 nitrogen and oxygen atoms in total. The van der Waals surface area contributed by atoms with Crippen LogP contribution in [0.1, 0.15) is 38.1 Å². The molecule has 2 rings (SSSR count). The predicted octanol–water partition coefficient (Wildman–Crippen LogP) is 4.07. The fourth-order valence-electron chi connectivity index (χ4n) is 1.72. The molecule has 1 unspecified atom stereocenters. The van der Waals surface area contributed by atoms with Crippen molar-refractivity contribution >= 4 is 22.6 Å². The number of halogens is 1.